The number of imidazole rings is 1. The summed E-state index contributed by atoms with van der Waals surface area (Å²) in [5.41, 5.74) is 4.86. The van der Waals surface area contributed by atoms with Crippen LogP contribution in [0, 0.1) is 0 Å². The maximum Gasteiger partial charge on any atom is 0.332 e. The normalized spacial score (nSPS) is 11.5. The van der Waals surface area contributed by atoms with Crippen molar-refractivity contribution < 1.29 is 0 Å². The number of hydrogen-bond acceptors (Lipinski definition) is 5. The third kappa shape index (κ3) is 4.22. The fourth-order valence-corrected chi connectivity index (χ4v) is 3.61. The molecule has 1 N–H and O–H groups in total. The quantitative estimate of drug-likeness (QED) is 0.339. The lowest BCUT2D eigenvalue weighted by Gasteiger charge is -2.09. The van der Waals surface area contributed by atoms with E-state index in [1.165, 1.54) is 11.6 Å². The van der Waals surface area contributed by atoms with E-state index in [-0.39, 0.29) is 5.56 Å². The predicted octanol–water partition coefficient (Wildman–Crippen LogP) is 2.88. The molecule has 0 aliphatic rings. The van der Waals surface area contributed by atoms with Crippen molar-refractivity contribution in [2.45, 2.75) is 13.0 Å². The fourth-order valence-electron chi connectivity index (χ4n) is 3.35. The number of nitrogens with zero attached hydrogens (tertiary/aromatic N) is 5. The zero-order chi connectivity index (χ0) is 22.0. The van der Waals surface area contributed by atoms with E-state index in [0.717, 1.165) is 20.2 Å². The molecule has 0 saturated carbocycles. The highest BCUT2D eigenvalue weighted by molar-refractivity contribution is 9.10. The summed E-state index contributed by atoms with van der Waals surface area (Å²) in [6.45, 7) is 0.504. The van der Waals surface area contributed by atoms with Gasteiger partial charge in [-0.15, -0.1) is 0 Å². The van der Waals surface area contributed by atoms with Gasteiger partial charge in [0.05, 0.1) is 6.21 Å². The number of rotatable bonds is 6. The number of hydrazone groups is 1. The zero-order valence-corrected chi connectivity index (χ0v) is 18.7. The predicted molar refractivity (Wildman–Crippen MR) is 126 cm³/mol. The summed E-state index contributed by atoms with van der Waals surface area (Å²) in [6, 6.07) is 17.7. The van der Waals surface area contributed by atoms with Gasteiger partial charge in [-0.05, 0) is 29.7 Å². The average Bonchev–Trinajstić information content (AvgIpc) is 3.15. The molecule has 158 valence electrons. The largest absolute Gasteiger partial charge is 0.332 e. The topological polar surface area (TPSA) is 86.2 Å². The van der Waals surface area contributed by atoms with Crippen LogP contribution in [0.15, 0.2) is 73.8 Å². The third-order valence-corrected chi connectivity index (χ3v) is 5.59. The van der Waals surface area contributed by atoms with Gasteiger partial charge in [0.2, 0.25) is 5.95 Å². The van der Waals surface area contributed by atoms with E-state index >= 15 is 0 Å². The Morgan fingerprint density at radius 3 is 2.45 bits per heavy atom. The molecule has 0 fully saturated rings. The van der Waals surface area contributed by atoms with Crippen LogP contribution >= 0.6 is 15.9 Å². The first-order chi connectivity index (χ1) is 15.0. The van der Waals surface area contributed by atoms with Crippen LogP contribution in [0.3, 0.4) is 0 Å². The fraction of sp³-hybridized carbons (Fsp3) is 0.182. The minimum Gasteiger partial charge on any atom is -0.303 e. The molecule has 9 heteroatoms. The maximum absolute atomic E-state index is 12.9. The van der Waals surface area contributed by atoms with Crippen LogP contribution in [0.5, 0.6) is 0 Å². The molecule has 0 aliphatic carbocycles. The van der Waals surface area contributed by atoms with Gasteiger partial charge in [0.25, 0.3) is 5.56 Å². The Kier molecular flexibility index (Phi) is 5.85. The van der Waals surface area contributed by atoms with Gasteiger partial charge in [0, 0.05) is 25.1 Å². The van der Waals surface area contributed by atoms with Crippen molar-refractivity contribution in [1.29, 1.82) is 0 Å². The summed E-state index contributed by atoms with van der Waals surface area (Å²) in [4.78, 5) is 29.8. The highest BCUT2D eigenvalue weighted by Gasteiger charge is 2.18. The highest BCUT2D eigenvalue weighted by Crippen LogP contribution is 2.17. The molecule has 2 heterocycles. The third-order valence-electron chi connectivity index (χ3n) is 5.06. The van der Waals surface area contributed by atoms with Gasteiger partial charge in [-0.25, -0.2) is 10.2 Å². The first-order valence-electron chi connectivity index (χ1n) is 9.70. The Labute approximate surface area is 186 Å². The Morgan fingerprint density at radius 1 is 1.03 bits per heavy atom. The minimum atomic E-state index is -0.421. The average molecular weight is 481 g/mol. The van der Waals surface area contributed by atoms with Crippen molar-refractivity contribution in [2.75, 3.05) is 5.43 Å². The molecule has 31 heavy (non-hydrogen) atoms. The standard InChI is InChI=1S/C22H21BrN6O2/c1-27-19-18(20(30)28(2)22(27)31)29(13-12-15-6-4-3-5-7-15)21(25-19)26-24-14-16-8-10-17(23)11-9-16/h3-11,14H,12-13H2,1-2H3,(H,25,26)/b24-14+. The van der Waals surface area contributed by atoms with Gasteiger partial charge in [-0.2, -0.15) is 10.1 Å². The number of hydrogen-bond donors (Lipinski definition) is 1. The van der Waals surface area contributed by atoms with Crippen molar-refractivity contribution in [1.82, 2.24) is 18.7 Å². The molecule has 0 atom stereocenters. The smallest absolute Gasteiger partial charge is 0.303 e. The van der Waals surface area contributed by atoms with E-state index in [2.05, 4.69) is 31.4 Å². The maximum atomic E-state index is 12.9. The van der Waals surface area contributed by atoms with Gasteiger partial charge < -0.3 is 4.57 Å². The number of aromatic nitrogens is 4. The molecule has 0 bridgehead atoms. The van der Waals surface area contributed by atoms with Crippen LogP contribution < -0.4 is 16.7 Å². The van der Waals surface area contributed by atoms with E-state index < -0.39 is 5.69 Å². The zero-order valence-electron chi connectivity index (χ0n) is 17.1. The molecule has 0 unspecified atom stereocenters. The number of nitrogens with one attached hydrogen (secondary N) is 1. The van der Waals surface area contributed by atoms with Crippen LogP contribution in [0.25, 0.3) is 11.2 Å². The second kappa shape index (κ2) is 8.73. The van der Waals surface area contributed by atoms with Crippen LogP contribution in [-0.4, -0.2) is 24.9 Å². The van der Waals surface area contributed by atoms with Crippen molar-refractivity contribution in [3.8, 4) is 0 Å². The molecule has 8 nitrogen and oxygen atoms in total. The summed E-state index contributed by atoms with van der Waals surface area (Å²) in [5.74, 6) is 0.401. The van der Waals surface area contributed by atoms with Crippen LogP contribution in [0.4, 0.5) is 5.95 Å². The molecular weight excluding hydrogens is 460 g/mol. The molecule has 0 spiro atoms. The first-order valence-corrected chi connectivity index (χ1v) is 10.5. The first kappa shape index (κ1) is 20.8. The summed E-state index contributed by atoms with van der Waals surface area (Å²) in [6.07, 6.45) is 2.37. The van der Waals surface area contributed by atoms with Gasteiger partial charge in [0.15, 0.2) is 11.2 Å². The van der Waals surface area contributed by atoms with E-state index in [0.29, 0.717) is 30.1 Å². The van der Waals surface area contributed by atoms with Gasteiger partial charge in [-0.3, -0.25) is 13.9 Å². The van der Waals surface area contributed by atoms with Crippen molar-refractivity contribution in [3.63, 3.8) is 0 Å². The number of anilines is 1. The lowest BCUT2D eigenvalue weighted by Crippen LogP contribution is -2.37. The van der Waals surface area contributed by atoms with Crippen LogP contribution in [0.2, 0.25) is 0 Å². The van der Waals surface area contributed by atoms with Crippen LogP contribution in [0.1, 0.15) is 11.1 Å². The Morgan fingerprint density at radius 2 is 1.74 bits per heavy atom. The number of halogens is 1. The van der Waals surface area contributed by atoms with E-state index in [9.17, 15) is 9.59 Å². The lowest BCUT2D eigenvalue weighted by molar-refractivity contribution is 0.687. The molecular formula is C22H21BrN6O2. The van der Waals surface area contributed by atoms with Gasteiger partial charge in [-0.1, -0.05) is 58.4 Å². The minimum absolute atomic E-state index is 0.322. The molecule has 0 amide bonds. The van der Waals surface area contributed by atoms with Gasteiger partial charge >= 0.3 is 5.69 Å². The molecule has 2 aromatic carbocycles. The molecule has 2 aromatic heterocycles. The number of aryl methyl sites for hydroxylation is 3. The molecule has 0 aliphatic heterocycles. The highest BCUT2D eigenvalue weighted by atomic mass is 79.9. The Bertz CT molecular complexity index is 1370. The van der Waals surface area contributed by atoms with Crippen molar-refractivity contribution >= 4 is 39.3 Å². The summed E-state index contributed by atoms with van der Waals surface area (Å²) in [7, 11) is 3.07. The van der Waals surface area contributed by atoms with Crippen LogP contribution in [-0.2, 0) is 27.1 Å². The summed E-state index contributed by atoms with van der Waals surface area (Å²) in [5, 5.41) is 4.29. The van der Waals surface area contributed by atoms with E-state index in [4.69, 9.17) is 0 Å². The lowest BCUT2D eigenvalue weighted by atomic mass is 10.1. The number of benzene rings is 2. The van der Waals surface area contributed by atoms with Crippen molar-refractivity contribution in [3.05, 3.63) is 91.0 Å². The Balaban J connectivity index is 1.74. The molecule has 4 rings (SSSR count). The van der Waals surface area contributed by atoms with Crippen molar-refractivity contribution in [2.24, 2.45) is 19.2 Å². The van der Waals surface area contributed by atoms with Gasteiger partial charge in [0.1, 0.15) is 0 Å². The molecule has 4 aromatic rings. The monoisotopic (exact) mass is 480 g/mol. The molecule has 0 saturated heterocycles. The molecule has 0 radical (unpaired) electrons. The summed E-state index contributed by atoms with van der Waals surface area (Å²) >= 11 is 3.41. The van der Waals surface area contributed by atoms with E-state index in [1.54, 1.807) is 17.8 Å². The number of fused-ring (bicyclic) bond motifs is 1. The SMILES string of the molecule is Cn1c(=O)c2c(nc(N/N=C/c3ccc(Br)cc3)n2CCc2ccccc2)n(C)c1=O. The Hall–Kier alpha value is -3.46. The summed E-state index contributed by atoms with van der Waals surface area (Å²) < 4.78 is 5.23. The second-order valence-corrected chi connectivity index (χ2v) is 8.04. The van der Waals surface area contributed by atoms with E-state index in [1.807, 2.05) is 54.6 Å². The second-order valence-electron chi connectivity index (χ2n) is 7.12.